The summed E-state index contributed by atoms with van der Waals surface area (Å²) in [4.78, 5) is 22.5. The number of carbonyl (C=O) groups is 1. The third-order valence-electron chi connectivity index (χ3n) is 5.13. The summed E-state index contributed by atoms with van der Waals surface area (Å²) in [6.45, 7) is 0.379. The first-order valence-corrected chi connectivity index (χ1v) is 11.6. The maximum absolute atomic E-state index is 12.4. The fraction of sp³-hybridized carbons (Fsp3) is 0.318. The molecule has 0 aromatic heterocycles. The van der Waals surface area contributed by atoms with Crippen LogP contribution in [0, 0.1) is 10.1 Å². The second kappa shape index (κ2) is 10.3. The molecule has 0 spiro atoms. The molecule has 1 aliphatic rings. The standard InChI is InChI=1S/C22H25N3O5S/c26-22(13-10-18-4-3-7-20(16-18)25(27)28)23-15-14-17-8-11-21(12-9-17)31(29,30)24-19-5-1-2-6-19/h3-4,7-13,16,19,24H,1-2,5-6,14-15H2,(H,23,26)/b13-10+. The van der Waals surface area contributed by atoms with Gasteiger partial charge in [-0.1, -0.05) is 37.1 Å². The molecule has 31 heavy (non-hydrogen) atoms. The summed E-state index contributed by atoms with van der Waals surface area (Å²) in [5.41, 5.74) is 1.43. The van der Waals surface area contributed by atoms with Gasteiger partial charge in [-0.3, -0.25) is 14.9 Å². The molecule has 3 rings (SSSR count). The minimum Gasteiger partial charge on any atom is -0.352 e. The Morgan fingerprint density at radius 2 is 1.84 bits per heavy atom. The molecular formula is C22H25N3O5S. The maximum Gasteiger partial charge on any atom is 0.270 e. The minimum absolute atomic E-state index is 0.0231. The highest BCUT2D eigenvalue weighted by Crippen LogP contribution is 2.20. The van der Waals surface area contributed by atoms with E-state index in [1.54, 1.807) is 36.4 Å². The molecule has 0 saturated heterocycles. The van der Waals surface area contributed by atoms with E-state index in [1.165, 1.54) is 24.3 Å². The normalized spacial score (nSPS) is 14.7. The van der Waals surface area contributed by atoms with Gasteiger partial charge in [0.2, 0.25) is 15.9 Å². The maximum atomic E-state index is 12.4. The number of sulfonamides is 1. The monoisotopic (exact) mass is 443 g/mol. The van der Waals surface area contributed by atoms with E-state index in [4.69, 9.17) is 0 Å². The van der Waals surface area contributed by atoms with Crippen molar-refractivity contribution in [3.63, 3.8) is 0 Å². The minimum atomic E-state index is -3.51. The highest BCUT2D eigenvalue weighted by Gasteiger charge is 2.22. The quantitative estimate of drug-likeness (QED) is 0.350. The zero-order chi connectivity index (χ0) is 22.3. The molecule has 2 aromatic rings. The first-order valence-electron chi connectivity index (χ1n) is 10.2. The van der Waals surface area contributed by atoms with Gasteiger partial charge in [-0.15, -0.1) is 0 Å². The van der Waals surface area contributed by atoms with Crippen LogP contribution in [0.2, 0.25) is 0 Å². The lowest BCUT2D eigenvalue weighted by atomic mass is 10.1. The highest BCUT2D eigenvalue weighted by atomic mass is 32.2. The topological polar surface area (TPSA) is 118 Å². The van der Waals surface area contributed by atoms with Crippen molar-refractivity contribution in [2.24, 2.45) is 0 Å². The first-order chi connectivity index (χ1) is 14.8. The number of benzene rings is 2. The molecule has 0 aliphatic heterocycles. The number of nitrogens with one attached hydrogen (secondary N) is 2. The largest absolute Gasteiger partial charge is 0.352 e. The number of rotatable bonds is 9. The lowest BCUT2D eigenvalue weighted by Gasteiger charge is -2.12. The van der Waals surface area contributed by atoms with Crippen molar-refractivity contribution >= 4 is 27.7 Å². The van der Waals surface area contributed by atoms with Crippen molar-refractivity contribution in [2.45, 2.75) is 43.0 Å². The number of hydrogen-bond donors (Lipinski definition) is 2. The molecule has 1 saturated carbocycles. The first kappa shape index (κ1) is 22.6. The Labute approximate surface area is 181 Å². The van der Waals surface area contributed by atoms with Gasteiger partial charge in [0.1, 0.15) is 0 Å². The lowest BCUT2D eigenvalue weighted by molar-refractivity contribution is -0.384. The van der Waals surface area contributed by atoms with E-state index in [2.05, 4.69) is 10.0 Å². The van der Waals surface area contributed by atoms with Gasteiger partial charge in [0.05, 0.1) is 9.82 Å². The fourth-order valence-electron chi connectivity index (χ4n) is 3.47. The molecule has 9 heteroatoms. The SMILES string of the molecule is O=C(/C=C/c1cccc([N+](=O)[O-])c1)NCCc1ccc(S(=O)(=O)NC2CCCC2)cc1. The smallest absolute Gasteiger partial charge is 0.270 e. The van der Waals surface area contributed by atoms with Crippen LogP contribution in [0.5, 0.6) is 0 Å². The Bertz CT molecular complexity index is 1060. The molecular weight excluding hydrogens is 418 g/mol. The number of hydrogen-bond acceptors (Lipinski definition) is 5. The van der Waals surface area contributed by atoms with Crippen LogP contribution in [0.4, 0.5) is 5.69 Å². The van der Waals surface area contributed by atoms with Crippen LogP contribution in [0.3, 0.4) is 0 Å². The summed E-state index contributed by atoms with van der Waals surface area (Å²) < 4.78 is 27.6. The summed E-state index contributed by atoms with van der Waals surface area (Å²) in [5, 5.41) is 13.5. The van der Waals surface area contributed by atoms with Crippen molar-refractivity contribution in [1.29, 1.82) is 0 Å². The van der Waals surface area contributed by atoms with Crippen molar-refractivity contribution in [2.75, 3.05) is 6.54 Å². The van der Waals surface area contributed by atoms with Crippen LogP contribution in [0.1, 0.15) is 36.8 Å². The Morgan fingerprint density at radius 3 is 2.52 bits per heavy atom. The lowest BCUT2D eigenvalue weighted by Crippen LogP contribution is -2.32. The van der Waals surface area contributed by atoms with E-state index in [-0.39, 0.29) is 22.5 Å². The molecule has 0 heterocycles. The molecule has 0 bridgehead atoms. The zero-order valence-corrected chi connectivity index (χ0v) is 17.8. The van der Waals surface area contributed by atoms with Crippen LogP contribution in [-0.2, 0) is 21.2 Å². The van der Waals surface area contributed by atoms with E-state index in [9.17, 15) is 23.3 Å². The van der Waals surface area contributed by atoms with E-state index in [0.29, 0.717) is 18.5 Å². The van der Waals surface area contributed by atoms with Crippen LogP contribution in [0.15, 0.2) is 59.5 Å². The van der Waals surface area contributed by atoms with Gasteiger partial charge in [-0.25, -0.2) is 13.1 Å². The number of amides is 1. The summed E-state index contributed by atoms with van der Waals surface area (Å²) in [5.74, 6) is -0.313. The molecule has 8 nitrogen and oxygen atoms in total. The highest BCUT2D eigenvalue weighted by molar-refractivity contribution is 7.89. The van der Waals surface area contributed by atoms with Gasteiger partial charge in [0, 0.05) is 30.8 Å². The molecule has 164 valence electrons. The molecule has 1 amide bonds. The molecule has 2 N–H and O–H groups in total. The van der Waals surface area contributed by atoms with Gasteiger partial charge < -0.3 is 5.32 Å². The van der Waals surface area contributed by atoms with Crippen LogP contribution >= 0.6 is 0 Å². The van der Waals surface area contributed by atoms with Crippen molar-refractivity contribution in [1.82, 2.24) is 10.0 Å². The van der Waals surface area contributed by atoms with Crippen molar-refractivity contribution in [3.8, 4) is 0 Å². The second-order valence-electron chi connectivity index (χ2n) is 7.47. The molecule has 0 unspecified atom stereocenters. The average molecular weight is 444 g/mol. The molecule has 0 atom stereocenters. The Balaban J connectivity index is 1.47. The summed E-state index contributed by atoms with van der Waals surface area (Å²) in [7, 11) is -3.51. The molecule has 1 fully saturated rings. The van der Waals surface area contributed by atoms with E-state index >= 15 is 0 Å². The van der Waals surface area contributed by atoms with Gasteiger partial charge in [0.25, 0.3) is 5.69 Å². The summed E-state index contributed by atoms with van der Waals surface area (Å²) in [6, 6.07) is 12.7. The Morgan fingerprint density at radius 1 is 1.13 bits per heavy atom. The van der Waals surface area contributed by atoms with Crippen LogP contribution < -0.4 is 10.0 Å². The van der Waals surface area contributed by atoms with Gasteiger partial charge >= 0.3 is 0 Å². The van der Waals surface area contributed by atoms with E-state index in [1.807, 2.05) is 0 Å². The number of carbonyl (C=O) groups excluding carboxylic acids is 1. The third-order valence-corrected chi connectivity index (χ3v) is 6.67. The zero-order valence-electron chi connectivity index (χ0n) is 17.0. The fourth-order valence-corrected chi connectivity index (χ4v) is 4.77. The van der Waals surface area contributed by atoms with E-state index in [0.717, 1.165) is 31.2 Å². The third kappa shape index (κ3) is 6.73. The predicted octanol–water partition coefficient (Wildman–Crippen LogP) is 3.19. The van der Waals surface area contributed by atoms with Gasteiger partial charge in [-0.2, -0.15) is 0 Å². The van der Waals surface area contributed by atoms with Gasteiger partial charge in [-0.05, 0) is 48.6 Å². The van der Waals surface area contributed by atoms with Crippen molar-refractivity contribution < 1.29 is 18.1 Å². The molecule has 1 aliphatic carbocycles. The van der Waals surface area contributed by atoms with Gasteiger partial charge in [0.15, 0.2) is 0 Å². The summed E-state index contributed by atoms with van der Waals surface area (Å²) >= 11 is 0. The second-order valence-corrected chi connectivity index (χ2v) is 9.19. The Kier molecular flexibility index (Phi) is 7.54. The average Bonchev–Trinajstić information content (AvgIpc) is 3.25. The Hall–Kier alpha value is -3.04. The number of non-ortho nitro benzene ring substituents is 1. The summed E-state index contributed by atoms with van der Waals surface area (Å²) in [6.07, 6.45) is 7.26. The number of nitrogens with zero attached hydrogens (tertiary/aromatic N) is 1. The number of nitro benzene ring substituents is 1. The van der Waals surface area contributed by atoms with Crippen molar-refractivity contribution in [3.05, 3.63) is 75.8 Å². The predicted molar refractivity (Wildman–Crippen MR) is 118 cm³/mol. The molecule has 2 aromatic carbocycles. The van der Waals surface area contributed by atoms with Crippen LogP contribution in [0.25, 0.3) is 6.08 Å². The molecule has 0 radical (unpaired) electrons. The number of nitro groups is 1. The van der Waals surface area contributed by atoms with Crippen LogP contribution in [-0.4, -0.2) is 31.8 Å². The van der Waals surface area contributed by atoms with E-state index < -0.39 is 14.9 Å².